The molecule has 0 aliphatic carbocycles. The third-order valence-electron chi connectivity index (χ3n) is 3.62. The molecule has 1 heterocycles. The highest BCUT2D eigenvalue weighted by Gasteiger charge is 2.21. The van der Waals surface area contributed by atoms with Crippen LogP contribution in [0.1, 0.15) is 16.7 Å². The summed E-state index contributed by atoms with van der Waals surface area (Å²) in [5.41, 5.74) is 4.17. The third kappa shape index (κ3) is 2.52. The molecule has 2 aromatic carbocycles. The number of nitriles is 1. The van der Waals surface area contributed by atoms with Gasteiger partial charge in [0.1, 0.15) is 6.07 Å². The molecule has 1 atom stereocenters. The van der Waals surface area contributed by atoms with Crippen LogP contribution in [0.4, 0.5) is 5.69 Å². The number of hydrogen-bond donors (Lipinski definition) is 1. The van der Waals surface area contributed by atoms with Gasteiger partial charge in [-0.3, -0.25) is 0 Å². The van der Waals surface area contributed by atoms with E-state index in [1.54, 1.807) is 0 Å². The van der Waals surface area contributed by atoms with Crippen LogP contribution >= 0.6 is 11.8 Å². The lowest BCUT2D eigenvalue weighted by atomic mass is 10.1. The van der Waals surface area contributed by atoms with Crippen LogP contribution in [0.2, 0.25) is 0 Å². The molecule has 0 spiro atoms. The fourth-order valence-corrected chi connectivity index (χ4v) is 3.80. The average molecular weight is 280 g/mol. The van der Waals surface area contributed by atoms with Crippen LogP contribution in [-0.4, -0.2) is 11.8 Å². The molecule has 1 aliphatic heterocycles. The molecular formula is C17H16N2S. The van der Waals surface area contributed by atoms with Crippen molar-refractivity contribution in [1.82, 2.24) is 0 Å². The van der Waals surface area contributed by atoms with Gasteiger partial charge in [-0.2, -0.15) is 5.26 Å². The number of fused-ring (bicyclic) bond motifs is 1. The topological polar surface area (TPSA) is 35.8 Å². The standard InChI is InChI=1S/C17H16N2S/c1-12-5-4-7-16(15(12)10-18)19-11-14-9-13-6-2-3-8-17(13)20-14/h2-8,14,19H,9,11H2,1H3. The molecule has 0 radical (unpaired) electrons. The molecule has 0 fully saturated rings. The normalized spacial score (nSPS) is 16.5. The molecule has 0 saturated heterocycles. The number of benzene rings is 2. The third-order valence-corrected chi connectivity index (χ3v) is 4.94. The van der Waals surface area contributed by atoms with Crippen molar-refractivity contribution >= 4 is 17.4 Å². The first-order chi connectivity index (χ1) is 9.78. The highest BCUT2D eigenvalue weighted by atomic mass is 32.2. The van der Waals surface area contributed by atoms with E-state index in [-0.39, 0.29) is 0 Å². The molecule has 3 rings (SSSR count). The Kier molecular flexibility index (Phi) is 3.66. The molecular weight excluding hydrogens is 264 g/mol. The smallest absolute Gasteiger partial charge is 0.102 e. The lowest BCUT2D eigenvalue weighted by Gasteiger charge is -2.13. The number of nitrogens with one attached hydrogen (secondary N) is 1. The van der Waals surface area contributed by atoms with Crippen LogP contribution < -0.4 is 5.32 Å². The maximum absolute atomic E-state index is 9.24. The summed E-state index contributed by atoms with van der Waals surface area (Å²) in [6.07, 6.45) is 1.10. The summed E-state index contributed by atoms with van der Waals surface area (Å²) < 4.78 is 0. The second-order valence-corrected chi connectivity index (χ2v) is 6.38. The van der Waals surface area contributed by atoms with Gasteiger partial charge in [0, 0.05) is 16.7 Å². The maximum Gasteiger partial charge on any atom is 0.102 e. The van der Waals surface area contributed by atoms with Crippen molar-refractivity contribution in [2.45, 2.75) is 23.5 Å². The number of aryl methyl sites for hydroxylation is 1. The molecule has 1 N–H and O–H groups in total. The first-order valence-electron chi connectivity index (χ1n) is 6.76. The fourth-order valence-electron chi connectivity index (χ4n) is 2.56. The Labute approximate surface area is 123 Å². The van der Waals surface area contributed by atoms with Crippen molar-refractivity contribution in [3.63, 3.8) is 0 Å². The number of thioether (sulfide) groups is 1. The van der Waals surface area contributed by atoms with E-state index in [1.165, 1.54) is 10.5 Å². The van der Waals surface area contributed by atoms with E-state index in [9.17, 15) is 5.26 Å². The second-order valence-electron chi connectivity index (χ2n) is 5.04. The zero-order valence-electron chi connectivity index (χ0n) is 11.4. The summed E-state index contributed by atoms with van der Waals surface area (Å²) in [6, 6.07) is 16.8. The fraction of sp³-hybridized carbons (Fsp3) is 0.235. The molecule has 0 saturated carbocycles. The minimum Gasteiger partial charge on any atom is -0.383 e. The van der Waals surface area contributed by atoms with Crippen LogP contribution in [0.25, 0.3) is 0 Å². The van der Waals surface area contributed by atoms with Crippen LogP contribution in [0.5, 0.6) is 0 Å². The van der Waals surface area contributed by atoms with Gasteiger partial charge in [0.25, 0.3) is 0 Å². The molecule has 0 bridgehead atoms. The summed E-state index contributed by atoms with van der Waals surface area (Å²) in [6.45, 7) is 2.86. The van der Waals surface area contributed by atoms with Gasteiger partial charge in [0.05, 0.1) is 11.3 Å². The summed E-state index contributed by atoms with van der Waals surface area (Å²) in [5.74, 6) is 0. The van der Waals surface area contributed by atoms with E-state index in [1.807, 2.05) is 36.9 Å². The van der Waals surface area contributed by atoms with Crippen LogP contribution in [0.3, 0.4) is 0 Å². The first-order valence-corrected chi connectivity index (χ1v) is 7.64. The van der Waals surface area contributed by atoms with Gasteiger partial charge in [-0.1, -0.05) is 30.3 Å². The van der Waals surface area contributed by atoms with Crippen molar-refractivity contribution in [3.05, 3.63) is 59.2 Å². The zero-order valence-corrected chi connectivity index (χ0v) is 12.2. The molecule has 0 aromatic heterocycles. The van der Waals surface area contributed by atoms with Gasteiger partial charge < -0.3 is 5.32 Å². The van der Waals surface area contributed by atoms with Crippen molar-refractivity contribution in [3.8, 4) is 6.07 Å². The highest BCUT2D eigenvalue weighted by Crippen LogP contribution is 2.36. The molecule has 3 heteroatoms. The van der Waals surface area contributed by atoms with E-state index in [0.717, 1.165) is 29.8 Å². The average Bonchev–Trinajstić information content (AvgIpc) is 2.88. The number of anilines is 1. The number of nitrogens with zero attached hydrogens (tertiary/aromatic N) is 1. The van der Waals surface area contributed by atoms with Crippen molar-refractivity contribution in [2.24, 2.45) is 0 Å². The number of rotatable bonds is 3. The Morgan fingerprint density at radius 3 is 2.90 bits per heavy atom. The Balaban J connectivity index is 1.68. The molecule has 100 valence electrons. The van der Waals surface area contributed by atoms with Gasteiger partial charge in [-0.25, -0.2) is 0 Å². The summed E-state index contributed by atoms with van der Waals surface area (Å²) in [7, 11) is 0. The molecule has 1 aliphatic rings. The summed E-state index contributed by atoms with van der Waals surface area (Å²) in [4.78, 5) is 1.39. The number of hydrogen-bond acceptors (Lipinski definition) is 3. The van der Waals surface area contributed by atoms with Crippen LogP contribution in [0, 0.1) is 18.3 Å². The van der Waals surface area contributed by atoms with E-state index in [2.05, 4.69) is 35.7 Å². The minimum absolute atomic E-state index is 0.541. The van der Waals surface area contributed by atoms with Crippen molar-refractivity contribution in [1.29, 1.82) is 5.26 Å². The van der Waals surface area contributed by atoms with Crippen LogP contribution in [0.15, 0.2) is 47.4 Å². The maximum atomic E-state index is 9.24. The predicted molar refractivity (Wildman–Crippen MR) is 84.2 cm³/mol. The monoisotopic (exact) mass is 280 g/mol. The second kappa shape index (κ2) is 5.60. The van der Waals surface area contributed by atoms with Crippen molar-refractivity contribution < 1.29 is 0 Å². The van der Waals surface area contributed by atoms with Gasteiger partial charge in [-0.15, -0.1) is 11.8 Å². The Hall–Kier alpha value is -1.92. The Bertz CT molecular complexity index is 648. The van der Waals surface area contributed by atoms with Crippen LogP contribution in [-0.2, 0) is 6.42 Å². The van der Waals surface area contributed by atoms with E-state index < -0.39 is 0 Å². The zero-order chi connectivity index (χ0) is 13.9. The van der Waals surface area contributed by atoms with Crippen molar-refractivity contribution in [2.75, 3.05) is 11.9 Å². The van der Waals surface area contributed by atoms with E-state index in [4.69, 9.17) is 0 Å². The van der Waals surface area contributed by atoms with E-state index >= 15 is 0 Å². The van der Waals surface area contributed by atoms with Gasteiger partial charge in [-0.05, 0) is 36.6 Å². The molecule has 1 unspecified atom stereocenters. The van der Waals surface area contributed by atoms with E-state index in [0.29, 0.717) is 5.25 Å². The predicted octanol–water partition coefficient (Wildman–Crippen LogP) is 4.00. The molecule has 2 nitrogen and oxygen atoms in total. The SMILES string of the molecule is Cc1cccc(NCC2Cc3ccccc3S2)c1C#N. The Morgan fingerprint density at radius 1 is 1.25 bits per heavy atom. The van der Waals surface area contributed by atoms with Gasteiger partial charge in [0.15, 0.2) is 0 Å². The summed E-state index contributed by atoms with van der Waals surface area (Å²) in [5, 5.41) is 13.2. The first kappa shape index (κ1) is 13.1. The summed E-state index contributed by atoms with van der Waals surface area (Å²) >= 11 is 1.93. The lowest BCUT2D eigenvalue weighted by molar-refractivity contribution is 0.898. The van der Waals surface area contributed by atoms with Gasteiger partial charge in [0.2, 0.25) is 0 Å². The quantitative estimate of drug-likeness (QED) is 0.923. The molecule has 0 amide bonds. The lowest BCUT2D eigenvalue weighted by Crippen LogP contribution is -2.16. The molecule has 2 aromatic rings. The molecule has 20 heavy (non-hydrogen) atoms. The highest BCUT2D eigenvalue weighted by molar-refractivity contribution is 8.00. The van der Waals surface area contributed by atoms with Gasteiger partial charge >= 0.3 is 0 Å². The minimum atomic E-state index is 0.541. The Morgan fingerprint density at radius 2 is 2.10 bits per heavy atom. The largest absolute Gasteiger partial charge is 0.383 e.